The minimum absolute atomic E-state index is 0.233. The van der Waals surface area contributed by atoms with Crippen LogP contribution in [0.15, 0.2) is 79.0 Å². The number of pyridine rings is 1. The van der Waals surface area contributed by atoms with Crippen molar-refractivity contribution in [3.05, 3.63) is 95.7 Å². The maximum Gasteiger partial charge on any atom is 0.318 e. The number of hydrogen-bond acceptors (Lipinski definition) is 4. The van der Waals surface area contributed by atoms with Crippen LogP contribution in [0.2, 0.25) is 0 Å². The fourth-order valence-corrected chi connectivity index (χ4v) is 4.68. The topological polar surface area (TPSA) is 84.3 Å². The van der Waals surface area contributed by atoms with E-state index in [2.05, 4.69) is 4.98 Å². The molecule has 2 aromatic carbocycles. The molecule has 0 saturated carbocycles. The van der Waals surface area contributed by atoms with E-state index in [1.165, 1.54) is 6.26 Å². The Hall–Kier alpha value is -3.25. The lowest BCUT2D eigenvalue weighted by atomic mass is 9.70. The number of aromatic nitrogens is 1. The summed E-state index contributed by atoms with van der Waals surface area (Å²) < 4.78 is 24.0. The van der Waals surface area contributed by atoms with Gasteiger partial charge in [-0.2, -0.15) is 0 Å². The van der Waals surface area contributed by atoms with Crippen LogP contribution in [0.5, 0.6) is 0 Å². The van der Waals surface area contributed by atoms with E-state index < -0.39 is 26.0 Å². The predicted molar refractivity (Wildman–Crippen MR) is 127 cm³/mol. The van der Waals surface area contributed by atoms with Gasteiger partial charge in [-0.15, -0.1) is 0 Å². The number of rotatable bonds is 5. The number of hydrogen-bond donors (Lipinski definition) is 1. The maximum absolute atomic E-state index is 12.8. The molecule has 4 rings (SSSR count). The van der Waals surface area contributed by atoms with Gasteiger partial charge in [0.2, 0.25) is 0 Å². The molecule has 1 aliphatic rings. The molecule has 0 spiro atoms. The number of allylic oxidation sites excluding steroid dienone is 3. The summed E-state index contributed by atoms with van der Waals surface area (Å²) in [5.41, 5.74) is 2.06. The number of aliphatic carboxylic acids is 1. The van der Waals surface area contributed by atoms with Gasteiger partial charge in [-0.05, 0) is 49.1 Å². The number of carboxylic acids is 1. The number of fused-ring (bicyclic) bond motifs is 1. The predicted octanol–water partition coefficient (Wildman–Crippen LogP) is 4.88. The van der Waals surface area contributed by atoms with E-state index in [0.717, 1.165) is 11.1 Å². The third-order valence-corrected chi connectivity index (χ3v) is 8.57. The average molecular weight is 448 g/mol. The van der Waals surface area contributed by atoms with Crippen molar-refractivity contribution < 1.29 is 18.3 Å². The molecule has 164 valence electrons. The molecule has 0 bridgehead atoms. The zero-order chi connectivity index (χ0) is 23.1. The van der Waals surface area contributed by atoms with Crippen molar-refractivity contribution in [2.75, 3.05) is 6.26 Å². The van der Waals surface area contributed by atoms with Gasteiger partial charge in [0.05, 0.1) is 10.3 Å². The second kappa shape index (κ2) is 7.71. The van der Waals surface area contributed by atoms with Gasteiger partial charge < -0.3 is 5.11 Å². The molecule has 5 nitrogen and oxygen atoms in total. The fourth-order valence-electron chi connectivity index (χ4n) is 4.14. The summed E-state index contributed by atoms with van der Waals surface area (Å²) in [7, 11) is -3.46. The third-order valence-electron chi connectivity index (χ3n) is 6.48. The summed E-state index contributed by atoms with van der Waals surface area (Å²) in [4.78, 5) is 17.3. The second-order valence-electron chi connectivity index (χ2n) is 8.75. The first-order valence-electron chi connectivity index (χ1n) is 10.3. The van der Waals surface area contributed by atoms with Crippen LogP contribution in [0.3, 0.4) is 0 Å². The molecular weight excluding hydrogens is 422 g/mol. The Morgan fingerprint density at radius 3 is 2.47 bits per heavy atom. The van der Waals surface area contributed by atoms with E-state index >= 15 is 0 Å². The molecule has 3 aromatic rings. The van der Waals surface area contributed by atoms with E-state index in [1.54, 1.807) is 50.4 Å². The van der Waals surface area contributed by atoms with Crippen LogP contribution in [0.4, 0.5) is 0 Å². The van der Waals surface area contributed by atoms with Gasteiger partial charge >= 0.3 is 5.97 Å². The molecule has 1 heterocycles. The highest BCUT2D eigenvalue weighted by Gasteiger charge is 2.43. The fraction of sp³-hybridized carbons (Fsp3) is 0.231. The highest BCUT2D eigenvalue weighted by atomic mass is 32.2. The Balaban J connectivity index is 1.99. The highest BCUT2D eigenvalue weighted by molar-refractivity contribution is 7.91. The Morgan fingerprint density at radius 2 is 1.81 bits per heavy atom. The van der Waals surface area contributed by atoms with Crippen molar-refractivity contribution in [1.82, 2.24) is 4.98 Å². The summed E-state index contributed by atoms with van der Waals surface area (Å²) in [6, 6.07) is 16.8. The van der Waals surface area contributed by atoms with Gasteiger partial charge in [0.25, 0.3) is 0 Å². The molecule has 0 aliphatic heterocycles. The van der Waals surface area contributed by atoms with Crippen molar-refractivity contribution in [2.24, 2.45) is 0 Å². The van der Waals surface area contributed by atoms with E-state index in [4.69, 9.17) is 0 Å². The van der Waals surface area contributed by atoms with Crippen LogP contribution in [0.1, 0.15) is 37.0 Å². The minimum atomic E-state index is -3.46. The monoisotopic (exact) mass is 447 g/mol. The van der Waals surface area contributed by atoms with Crippen LogP contribution in [0, 0.1) is 0 Å². The molecule has 0 fully saturated rings. The van der Waals surface area contributed by atoms with Gasteiger partial charge in [0.1, 0.15) is 5.41 Å². The summed E-state index contributed by atoms with van der Waals surface area (Å²) >= 11 is 0. The molecule has 1 aliphatic carbocycles. The van der Waals surface area contributed by atoms with Crippen LogP contribution in [-0.4, -0.2) is 30.7 Å². The summed E-state index contributed by atoms with van der Waals surface area (Å²) in [6.45, 7) is 3.28. The van der Waals surface area contributed by atoms with Gasteiger partial charge in [0, 0.05) is 23.4 Å². The van der Waals surface area contributed by atoms with Crippen molar-refractivity contribution >= 4 is 32.3 Å². The Morgan fingerprint density at radius 1 is 1.09 bits per heavy atom. The lowest BCUT2D eigenvalue weighted by molar-refractivity contribution is -0.141. The third kappa shape index (κ3) is 3.54. The number of benzene rings is 2. The molecule has 0 radical (unpaired) electrons. The highest BCUT2D eigenvalue weighted by Crippen LogP contribution is 2.44. The standard InChI is InChI=1S/C26H25NO4S/c1-25(2,32(3,30)31)21-15-19-12-8-14-27-23(19)22(16-21)26(24(28)29)13-7-11-20(17-26)18-9-5-4-6-10-18/h4-16H,17H2,1-3H3,(H,28,29). The van der Waals surface area contributed by atoms with Crippen LogP contribution < -0.4 is 0 Å². The van der Waals surface area contributed by atoms with Gasteiger partial charge in [0.15, 0.2) is 9.84 Å². The summed E-state index contributed by atoms with van der Waals surface area (Å²) in [5.74, 6) is -1.00. The lowest BCUT2D eigenvalue weighted by Gasteiger charge is -2.33. The van der Waals surface area contributed by atoms with Crippen molar-refractivity contribution in [3.8, 4) is 0 Å². The maximum atomic E-state index is 12.8. The molecule has 1 atom stereocenters. The molecule has 1 unspecified atom stereocenters. The van der Waals surface area contributed by atoms with Crippen LogP contribution in [-0.2, 0) is 24.8 Å². The van der Waals surface area contributed by atoms with E-state index in [0.29, 0.717) is 22.0 Å². The van der Waals surface area contributed by atoms with Gasteiger partial charge in [-0.25, -0.2) is 8.42 Å². The number of carboxylic acid groups (broad SMARTS) is 1. The molecule has 1 N–H and O–H groups in total. The SMILES string of the molecule is CC(C)(c1cc(C2(C(=O)O)C=CC=C(c3ccccc3)C2)c2ncccc2c1)S(C)(=O)=O. The first-order valence-corrected chi connectivity index (χ1v) is 12.2. The normalized spacial score (nSPS) is 19.0. The quantitative estimate of drug-likeness (QED) is 0.603. The number of sulfone groups is 1. The second-order valence-corrected chi connectivity index (χ2v) is 11.3. The zero-order valence-corrected chi connectivity index (χ0v) is 19.1. The Labute approximate surface area is 188 Å². The lowest BCUT2D eigenvalue weighted by Crippen LogP contribution is -2.36. The zero-order valence-electron chi connectivity index (χ0n) is 18.2. The van der Waals surface area contributed by atoms with Gasteiger partial charge in [-0.3, -0.25) is 9.78 Å². The van der Waals surface area contributed by atoms with Gasteiger partial charge in [-0.1, -0.05) is 60.7 Å². The van der Waals surface area contributed by atoms with Crippen LogP contribution >= 0.6 is 0 Å². The van der Waals surface area contributed by atoms with Crippen molar-refractivity contribution in [1.29, 1.82) is 0 Å². The summed E-state index contributed by atoms with van der Waals surface area (Å²) in [5, 5.41) is 11.2. The molecule has 6 heteroatoms. The van der Waals surface area contributed by atoms with Crippen molar-refractivity contribution in [3.63, 3.8) is 0 Å². The molecule has 1 aromatic heterocycles. The smallest absolute Gasteiger partial charge is 0.318 e. The largest absolute Gasteiger partial charge is 0.480 e. The Bertz CT molecular complexity index is 1370. The van der Waals surface area contributed by atoms with E-state index in [1.807, 2.05) is 42.5 Å². The first kappa shape index (κ1) is 22.0. The van der Waals surface area contributed by atoms with E-state index in [9.17, 15) is 18.3 Å². The minimum Gasteiger partial charge on any atom is -0.480 e. The number of carbonyl (C=O) groups is 1. The molecule has 0 saturated heterocycles. The molecular formula is C26H25NO4S. The molecule has 32 heavy (non-hydrogen) atoms. The molecule has 0 amide bonds. The first-order chi connectivity index (χ1) is 15.1. The van der Waals surface area contributed by atoms with Crippen LogP contribution in [0.25, 0.3) is 16.5 Å². The van der Waals surface area contributed by atoms with E-state index in [-0.39, 0.29) is 6.42 Å². The van der Waals surface area contributed by atoms with Crippen molar-refractivity contribution in [2.45, 2.75) is 30.4 Å². The summed E-state index contributed by atoms with van der Waals surface area (Å²) in [6.07, 6.45) is 8.44. The number of nitrogens with zero attached hydrogens (tertiary/aromatic N) is 1. The Kier molecular flexibility index (Phi) is 5.29. The average Bonchev–Trinajstić information content (AvgIpc) is 2.78.